The van der Waals surface area contributed by atoms with E-state index in [9.17, 15) is 4.79 Å². The summed E-state index contributed by atoms with van der Waals surface area (Å²) in [5, 5.41) is 3.83. The first-order valence-corrected chi connectivity index (χ1v) is 11.9. The highest BCUT2D eigenvalue weighted by Crippen LogP contribution is 2.28. The molecule has 0 saturated carbocycles. The van der Waals surface area contributed by atoms with Gasteiger partial charge in [0, 0.05) is 58.4 Å². The third-order valence-electron chi connectivity index (χ3n) is 5.83. The molecule has 174 valence electrons. The van der Waals surface area contributed by atoms with Gasteiger partial charge >= 0.3 is 5.97 Å². The molecule has 0 amide bonds. The fourth-order valence-corrected chi connectivity index (χ4v) is 4.66. The van der Waals surface area contributed by atoms with Gasteiger partial charge in [0.25, 0.3) is 0 Å². The van der Waals surface area contributed by atoms with Crippen LogP contribution >= 0.6 is 11.3 Å². The van der Waals surface area contributed by atoms with Crippen molar-refractivity contribution in [1.82, 2.24) is 24.8 Å². The van der Waals surface area contributed by atoms with Crippen LogP contribution < -0.4 is 15.1 Å². The minimum atomic E-state index is -0.346. The number of aromatic nitrogens is 3. The van der Waals surface area contributed by atoms with Gasteiger partial charge in [-0.15, -0.1) is 0 Å². The first kappa shape index (κ1) is 22.7. The van der Waals surface area contributed by atoms with Crippen LogP contribution in [0.25, 0.3) is 0 Å². The summed E-state index contributed by atoms with van der Waals surface area (Å²) in [6, 6.07) is 2.10. The molecule has 0 atom stereocenters. The quantitative estimate of drug-likeness (QED) is 0.642. The van der Waals surface area contributed by atoms with Crippen molar-refractivity contribution >= 4 is 40.0 Å². The summed E-state index contributed by atoms with van der Waals surface area (Å²) in [7, 11) is 4.29. The second kappa shape index (κ2) is 9.97. The van der Waals surface area contributed by atoms with Gasteiger partial charge in [-0.25, -0.2) is 9.78 Å². The Bertz CT molecular complexity index is 896. The van der Waals surface area contributed by atoms with Crippen molar-refractivity contribution < 1.29 is 9.53 Å². The SMILES string of the molecule is CCOC(=O)c1sc(Nc2nc(N3CCN(C)CC3)cc(N3CCN(C)CC3)n2)nc1C. The van der Waals surface area contributed by atoms with Crippen LogP contribution in [0.15, 0.2) is 6.07 Å². The van der Waals surface area contributed by atoms with Gasteiger partial charge < -0.3 is 24.3 Å². The Balaban J connectivity index is 1.60. The molecule has 10 nitrogen and oxygen atoms in total. The number of nitrogens with one attached hydrogen (secondary N) is 1. The van der Waals surface area contributed by atoms with Gasteiger partial charge in [-0.1, -0.05) is 11.3 Å². The predicted molar refractivity (Wildman–Crippen MR) is 128 cm³/mol. The number of piperazine rings is 2. The Morgan fingerprint density at radius 3 is 2.00 bits per heavy atom. The summed E-state index contributed by atoms with van der Waals surface area (Å²) in [5.41, 5.74) is 0.644. The lowest BCUT2D eigenvalue weighted by Crippen LogP contribution is -2.46. The molecule has 4 rings (SSSR count). The molecule has 2 aromatic rings. The van der Waals surface area contributed by atoms with Gasteiger partial charge in [-0.3, -0.25) is 5.32 Å². The highest BCUT2D eigenvalue weighted by Gasteiger charge is 2.22. The number of carbonyl (C=O) groups excluding carboxylic acids is 1. The van der Waals surface area contributed by atoms with Crippen LogP contribution in [0.4, 0.5) is 22.7 Å². The molecule has 11 heteroatoms. The van der Waals surface area contributed by atoms with E-state index in [2.05, 4.69) is 50.1 Å². The summed E-state index contributed by atoms with van der Waals surface area (Å²) >= 11 is 1.27. The van der Waals surface area contributed by atoms with Gasteiger partial charge in [0.1, 0.15) is 16.5 Å². The molecule has 0 aliphatic carbocycles. The molecule has 32 heavy (non-hydrogen) atoms. The highest BCUT2D eigenvalue weighted by molar-refractivity contribution is 7.17. The van der Waals surface area contributed by atoms with Gasteiger partial charge in [-0.05, 0) is 27.9 Å². The van der Waals surface area contributed by atoms with E-state index in [1.54, 1.807) is 6.92 Å². The van der Waals surface area contributed by atoms with Crippen molar-refractivity contribution in [2.24, 2.45) is 0 Å². The first-order valence-electron chi connectivity index (χ1n) is 11.1. The van der Waals surface area contributed by atoms with E-state index in [-0.39, 0.29) is 5.97 Å². The van der Waals surface area contributed by atoms with Crippen LogP contribution in [-0.4, -0.2) is 104 Å². The second-order valence-corrected chi connectivity index (χ2v) is 9.27. The number of carbonyl (C=O) groups is 1. The van der Waals surface area contributed by atoms with Crippen molar-refractivity contribution in [3.05, 3.63) is 16.6 Å². The van der Waals surface area contributed by atoms with Crippen molar-refractivity contribution in [2.45, 2.75) is 13.8 Å². The average Bonchev–Trinajstić information content (AvgIpc) is 3.14. The van der Waals surface area contributed by atoms with Crippen molar-refractivity contribution in [2.75, 3.05) is 88.2 Å². The maximum absolute atomic E-state index is 12.2. The Morgan fingerprint density at radius 1 is 0.969 bits per heavy atom. The van der Waals surface area contributed by atoms with Gasteiger partial charge in [0.05, 0.1) is 12.3 Å². The Morgan fingerprint density at radius 2 is 1.50 bits per heavy atom. The average molecular weight is 461 g/mol. The standard InChI is InChI=1S/C21H32N8O2S/c1-5-31-19(30)18-15(2)22-21(32-18)25-20-23-16(28-10-6-26(3)7-11-28)14-17(24-20)29-12-8-27(4)9-13-29/h14H,5-13H2,1-4H3,(H,22,23,24,25). The lowest BCUT2D eigenvalue weighted by molar-refractivity contribution is 0.0531. The van der Waals surface area contributed by atoms with Crippen molar-refractivity contribution in [3.63, 3.8) is 0 Å². The lowest BCUT2D eigenvalue weighted by atomic mass is 10.3. The van der Waals surface area contributed by atoms with E-state index in [0.717, 1.165) is 64.0 Å². The molecule has 0 aromatic carbocycles. The van der Waals surface area contributed by atoms with E-state index in [1.165, 1.54) is 11.3 Å². The van der Waals surface area contributed by atoms with E-state index in [4.69, 9.17) is 14.7 Å². The number of thiazole rings is 1. The summed E-state index contributed by atoms with van der Waals surface area (Å²) in [5.74, 6) is 1.99. The maximum atomic E-state index is 12.2. The molecule has 0 unspecified atom stereocenters. The number of hydrogen-bond acceptors (Lipinski definition) is 11. The van der Waals surface area contributed by atoms with E-state index in [0.29, 0.717) is 28.3 Å². The number of likely N-dealkylation sites (N-methyl/N-ethyl adjacent to an activating group) is 2. The lowest BCUT2D eigenvalue weighted by Gasteiger charge is -2.35. The molecule has 2 aromatic heterocycles. The van der Waals surface area contributed by atoms with Gasteiger partial charge in [0.2, 0.25) is 5.95 Å². The fraction of sp³-hybridized carbons (Fsp3) is 0.619. The molecule has 2 aliphatic heterocycles. The smallest absolute Gasteiger partial charge is 0.350 e. The van der Waals surface area contributed by atoms with Crippen molar-refractivity contribution in [3.8, 4) is 0 Å². The molecule has 4 heterocycles. The van der Waals surface area contributed by atoms with E-state index < -0.39 is 0 Å². The first-order chi connectivity index (χ1) is 15.4. The zero-order chi connectivity index (χ0) is 22.7. The third kappa shape index (κ3) is 5.28. The van der Waals surface area contributed by atoms with Crippen molar-refractivity contribution in [1.29, 1.82) is 0 Å². The van der Waals surface area contributed by atoms with Crippen LogP contribution in [0.3, 0.4) is 0 Å². The van der Waals surface area contributed by atoms with Crippen LogP contribution in [0.1, 0.15) is 22.3 Å². The minimum Gasteiger partial charge on any atom is -0.462 e. The summed E-state index contributed by atoms with van der Waals surface area (Å²) < 4.78 is 5.14. The second-order valence-electron chi connectivity index (χ2n) is 8.27. The predicted octanol–water partition coefficient (Wildman–Crippen LogP) is 1.67. The summed E-state index contributed by atoms with van der Waals surface area (Å²) in [6.45, 7) is 11.7. The largest absolute Gasteiger partial charge is 0.462 e. The molecule has 2 saturated heterocycles. The van der Waals surface area contributed by atoms with Crippen LogP contribution in [0.2, 0.25) is 0 Å². The summed E-state index contributed by atoms with van der Waals surface area (Å²) in [4.78, 5) is 36.1. The maximum Gasteiger partial charge on any atom is 0.350 e. The van der Waals surface area contributed by atoms with Crippen LogP contribution in [0.5, 0.6) is 0 Å². The van der Waals surface area contributed by atoms with E-state index >= 15 is 0 Å². The molecular weight excluding hydrogens is 428 g/mol. The topological polar surface area (TPSA) is 90.0 Å². The number of hydrogen-bond donors (Lipinski definition) is 1. The Labute approximate surface area is 193 Å². The molecule has 0 bridgehead atoms. The third-order valence-corrected chi connectivity index (χ3v) is 6.88. The molecule has 0 spiro atoms. The minimum absolute atomic E-state index is 0.337. The van der Waals surface area contributed by atoms with E-state index in [1.807, 2.05) is 6.92 Å². The zero-order valence-electron chi connectivity index (χ0n) is 19.3. The highest BCUT2D eigenvalue weighted by atomic mass is 32.1. The van der Waals surface area contributed by atoms with Crippen LogP contribution in [-0.2, 0) is 4.74 Å². The number of aryl methyl sites for hydroxylation is 1. The Kier molecular flexibility index (Phi) is 7.07. The molecule has 2 aliphatic rings. The zero-order valence-corrected chi connectivity index (χ0v) is 20.1. The number of rotatable bonds is 6. The molecule has 1 N–H and O–H groups in total. The van der Waals surface area contributed by atoms with Gasteiger partial charge in [-0.2, -0.15) is 9.97 Å². The number of nitrogens with zero attached hydrogens (tertiary/aromatic N) is 7. The van der Waals surface area contributed by atoms with Gasteiger partial charge in [0.15, 0.2) is 5.13 Å². The molecular formula is C21H32N8O2S. The normalized spacial score (nSPS) is 18.1. The molecule has 0 radical (unpaired) electrons. The molecule has 2 fully saturated rings. The number of ether oxygens (including phenoxy) is 1. The van der Waals surface area contributed by atoms with Crippen LogP contribution in [0, 0.1) is 6.92 Å². The Hall–Kier alpha value is -2.50. The summed E-state index contributed by atoms with van der Waals surface area (Å²) in [6.07, 6.45) is 0. The monoisotopic (exact) mass is 460 g/mol. The number of esters is 1. The fourth-order valence-electron chi connectivity index (χ4n) is 3.80. The number of anilines is 4.